The van der Waals surface area contributed by atoms with Crippen molar-refractivity contribution >= 4 is 5.97 Å². The fourth-order valence-corrected chi connectivity index (χ4v) is 1.84. The van der Waals surface area contributed by atoms with Gasteiger partial charge in [0.05, 0.1) is 32.8 Å². The van der Waals surface area contributed by atoms with Gasteiger partial charge < -0.3 is 19.1 Å². The van der Waals surface area contributed by atoms with Gasteiger partial charge in [0.1, 0.15) is 13.2 Å². The Morgan fingerprint density at radius 2 is 2.00 bits per heavy atom. The number of nitrogens with one attached hydrogen (secondary N) is 1. The summed E-state index contributed by atoms with van der Waals surface area (Å²) < 4.78 is 16.1. The molecular weight excluding hydrogens is 246 g/mol. The van der Waals surface area contributed by atoms with Crippen LogP contribution in [0.2, 0.25) is 0 Å². The first kappa shape index (κ1) is 13.7. The summed E-state index contributed by atoms with van der Waals surface area (Å²) in [6, 6.07) is 5.12. The number of carbonyl (C=O) groups excluding carboxylic acids is 1. The Bertz CT molecular complexity index is 445. The number of carbonyl (C=O) groups is 1. The number of rotatable bonds is 5. The molecule has 0 bridgehead atoms. The standard InChI is InChI=1S/C14H19NO4/c1-15(2)6-3-7-19-14(16)11-4-5-12-13(10-11)18-9-8-17-12/h4-5,10H,3,6-9H2,1-2H3/p+1. The molecule has 1 heterocycles. The summed E-state index contributed by atoms with van der Waals surface area (Å²) in [7, 11) is 4.14. The summed E-state index contributed by atoms with van der Waals surface area (Å²) in [6.07, 6.45) is 0.860. The Balaban J connectivity index is 1.88. The van der Waals surface area contributed by atoms with Crippen molar-refractivity contribution in [3.05, 3.63) is 23.8 Å². The van der Waals surface area contributed by atoms with Crippen LogP contribution < -0.4 is 14.4 Å². The van der Waals surface area contributed by atoms with Crippen LogP contribution in [0.5, 0.6) is 11.5 Å². The van der Waals surface area contributed by atoms with Gasteiger partial charge in [-0.3, -0.25) is 0 Å². The second-order valence-corrected chi connectivity index (χ2v) is 4.81. The van der Waals surface area contributed by atoms with Gasteiger partial charge in [0.2, 0.25) is 0 Å². The molecule has 0 aliphatic carbocycles. The van der Waals surface area contributed by atoms with Crippen LogP contribution >= 0.6 is 0 Å². The van der Waals surface area contributed by atoms with Gasteiger partial charge in [-0.05, 0) is 18.2 Å². The van der Waals surface area contributed by atoms with Crippen molar-refractivity contribution in [3.63, 3.8) is 0 Å². The van der Waals surface area contributed by atoms with E-state index in [1.165, 1.54) is 4.90 Å². The van der Waals surface area contributed by atoms with E-state index in [9.17, 15) is 4.79 Å². The van der Waals surface area contributed by atoms with Crippen LogP contribution in [0.15, 0.2) is 18.2 Å². The molecule has 0 atom stereocenters. The lowest BCUT2D eigenvalue weighted by molar-refractivity contribution is -0.858. The molecular formula is C14H20NO4+. The number of esters is 1. The van der Waals surface area contributed by atoms with Crippen molar-refractivity contribution in [1.82, 2.24) is 0 Å². The topological polar surface area (TPSA) is 49.2 Å². The van der Waals surface area contributed by atoms with E-state index in [-0.39, 0.29) is 5.97 Å². The van der Waals surface area contributed by atoms with Crippen molar-refractivity contribution in [2.75, 3.05) is 40.5 Å². The molecule has 104 valence electrons. The first-order chi connectivity index (χ1) is 9.16. The maximum Gasteiger partial charge on any atom is 0.338 e. The highest BCUT2D eigenvalue weighted by Gasteiger charge is 2.15. The van der Waals surface area contributed by atoms with Crippen LogP contribution in [0, 0.1) is 0 Å². The first-order valence-corrected chi connectivity index (χ1v) is 6.52. The van der Waals surface area contributed by atoms with Crippen LogP contribution in [0.1, 0.15) is 16.8 Å². The van der Waals surface area contributed by atoms with Gasteiger partial charge in [-0.1, -0.05) is 0 Å². The first-order valence-electron chi connectivity index (χ1n) is 6.52. The minimum absolute atomic E-state index is 0.314. The SMILES string of the molecule is C[NH+](C)CCCOC(=O)c1ccc2c(c1)OCCO2. The summed E-state index contributed by atoms with van der Waals surface area (Å²) in [5.41, 5.74) is 0.501. The molecule has 2 rings (SSSR count). The lowest BCUT2D eigenvalue weighted by Gasteiger charge is -2.18. The van der Waals surface area contributed by atoms with E-state index >= 15 is 0 Å². The van der Waals surface area contributed by atoms with Crippen LogP contribution in [-0.4, -0.2) is 46.4 Å². The predicted molar refractivity (Wildman–Crippen MR) is 70.0 cm³/mol. The van der Waals surface area contributed by atoms with Gasteiger partial charge in [-0.15, -0.1) is 0 Å². The maximum atomic E-state index is 11.8. The van der Waals surface area contributed by atoms with Crippen molar-refractivity contribution in [2.45, 2.75) is 6.42 Å². The molecule has 1 aliphatic heterocycles. The maximum absolute atomic E-state index is 11.8. The lowest BCUT2D eigenvalue weighted by atomic mass is 10.2. The highest BCUT2D eigenvalue weighted by atomic mass is 16.6. The number of hydrogen-bond acceptors (Lipinski definition) is 4. The van der Waals surface area contributed by atoms with Gasteiger partial charge >= 0.3 is 5.97 Å². The monoisotopic (exact) mass is 266 g/mol. The van der Waals surface area contributed by atoms with Crippen LogP contribution in [0.3, 0.4) is 0 Å². The van der Waals surface area contributed by atoms with E-state index in [1.54, 1.807) is 18.2 Å². The van der Waals surface area contributed by atoms with E-state index in [0.717, 1.165) is 13.0 Å². The molecule has 0 amide bonds. The predicted octanol–water partition coefficient (Wildman–Crippen LogP) is 0.149. The van der Waals surface area contributed by atoms with E-state index < -0.39 is 0 Å². The van der Waals surface area contributed by atoms with Gasteiger partial charge in [0.15, 0.2) is 11.5 Å². The smallest absolute Gasteiger partial charge is 0.338 e. The molecule has 19 heavy (non-hydrogen) atoms. The molecule has 1 N–H and O–H groups in total. The fourth-order valence-electron chi connectivity index (χ4n) is 1.84. The summed E-state index contributed by atoms with van der Waals surface area (Å²) in [6.45, 7) is 2.48. The molecule has 0 saturated carbocycles. The molecule has 0 saturated heterocycles. The van der Waals surface area contributed by atoms with E-state index in [0.29, 0.717) is 36.9 Å². The van der Waals surface area contributed by atoms with Crippen LogP contribution in [-0.2, 0) is 4.74 Å². The number of hydrogen-bond donors (Lipinski definition) is 1. The zero-order chi connectivity index (χ0) is 13.7. The molecule has 0 spiro atoms. The third-order valence-electron chi connectivity index (χ3n) is 2.83. The van der Waals surface area contributed by atoms with E-state index in [4.69, 9.17) is 14.2 Å². The lowest BCUT2D eigenvalue weighted by Crippen LogP contribution is -3.05. The Hall–Kier alpha value is -1.75. The van der Waals surface area contributed by atoms with E-state index in [2.05, 4.69) is 14.1 Å². The third-order valence-corrected chi connectivity index (χ3v) is 2.83. The zero-order valence-corrected chi connectivity index (χ0v) is 11.4. The highest BCUT2D eigenvalue weighted by molar-refractivity contribution is 5.90. The second-order valence-electron chi connectivity index (χ2n) is 4.81. The normalized spacial score (nSPS) is 13.4. The highest BCUT2D eigenvalue weighted by Crippen LogP contribution is 2.30. The van der Waals surface area contributed by atoms with Crippen molar-refractivity contribution in [2.24, 2.45) is 0 Å². The zero-order valence-electron chi connectivity index (χ0n) is 11.4. The number of ether oxygens (including phenoxy) is 3. The summed E-state index contributed by atoms with van der Waals surface area (Å²) in [4.78, 5) is 13.2. The molecule has 0 aromatic heterocycles. The van der Waals surface area contributed by atoms with Gasteiger partial charge in [-0.25, -0.2) is 4.79 Å². The third kappa shape index (κ3) is 3.86. The largest absolute Gasteiger partial charge is 0.486 e. The number of fused-ring (bicyclic) bond motifs is 1. The van der Waals surface area contributed by atoms with Crippen molar-refractivity contribution in [1.29, 1.82) is 0 Å². The quantitative estimate of drug-likeness (QED) is 0.609. The Labute approximate surface area is 113 Å². The molecule has 0 radical (unpaired) electrons. The summed E-state index contributed by atoms with van der Waals surface area (Å²) in [5.74, 6) is 0.975. The molecule has 1 aromatic carbocycles. The molecule has 0 unspecified atom stereocenters. The van der Waals surface area contributed by atoms with Crippen molar-refractivity contribution in [3.8, 4) is 11.5 Å². The summed E-state index contributed by atoms with van der Waals surface area (Å²) in [5, 5.41) is 0. The van der Waals surface area contributed by atoms with Crippen LogP contribution in [0.25, 0.3) is 0 Å². The van der Waals surface area contributed by atoms with Gasteiger partial charge in [0, 0.05) is 6.42 Å². The number of benzene rings is 1. The number of quaternary nitrogens is 1. The van der Waals surface area contributed by atoms with Gasteiger partial charge in [-0.2, -0.15) is 0 Å². The molecule has 1 aromatic rings. The van der Waals surface area contributed by atoms with Gasteiger partial charge in [0.25, 0.3) is 0 Å². The van der Waals surface area contributed by atoms with Crippen molar-refractivity contribution < 1.29 is 23.9 Å². The average molecular weight is 266 g/mol. The Kier molecular flexibility index (Phi) is 4.63. The molecule has 0 fully saturated rings. The molecule has 1 aliphatic rings. The summed E-state index contributed by atoms with van der Waals surface area (Å²) >= 11 is 0. The minimum Gasteiger partial charge on any atom is -0.486 e. The minimum atomic E-state index is -0.314. The second kappa shape index (κ2) is 6.43. The molecule has 5 nitrogen and oxygen atoms in total. The molecule has 5 heteroatoms. The Morgan fingerprint density at radius 1 is 1.26 bits per heavy atom. The fraction of sp³-hybridized carbons (Fsp3) is 0.500. The van der Waals surface area contributed by atoms with Crippen LogP contribution in [0.4, 0.5) is 0 Å². The van der Waals surface area contributed by atoms with E-state index in [1.807, 2.05) is 0 Å². The Morgan fingerprint density at radius 3 is 2.74 bits per heavy atom. The average Bonchev–Trinajstić information content (AvgIpc) is 2.42.